The first-order chi connectivity index (χ1) is 8.02. The highest BCUT2D eigenvalue weighted by Crippen LogP contribution is 2.19. The van der Waals surface area contributed by atoms with Crippen LogP contribution in [0.5, 0.6) is 0 Å². The zero-order valence-electron chi connectivity index (χ0n) is 9.50. The van der Waals surface area contributed by atoms with Crippen molar-refractivity contribution in [1.82, 2.24) is 0 Å². The number of carbonyl (C=O) groups excluding carboxylic acids is 1. The van der Waals surface area contributed by atoms with E-state index < -0.39 is 21.2 Å². The fraction of sp³-hybridized carbons (Fsp3) is 0.250. The lowest BCUT2D eigenvalue weighted by molar-refractivity contribution is -0.139. The van der Waals surface area contributed by atoms with E-state index in [1.807, 2.05) is 0 Å². The van der Waals surface area contributed by atoms with Crippen LogP contribution < -0.4 is 0 Å². The molecule has 0 aliphatic carbocycles. The van der Waals surface area contributed by atoms with Gasteiger partial charge in [0.2, 0.25) is 15.3 Å². The summed E-state index contributed by atoms with van der Waals surface area (Å²) in [5, 5.41) is 0. The molecule has 1 aromatic rings. The normalized spacial score (nSPS) is 12.8. The third kappa shape index (κ3) is 3.17. The van der Waals surface area contributed by atoms with Gasteiger partial charge in [0.1, 0.15) is 0 Å². The lowest BCUT2D eigenvalue weighted by Crippen LogP contribution is -2.26. The Balaban J connectivity index is 3.03. The minimum atomic E-state index is -3.65. The van der Waals surface area contributed by atoms with E-state index >= 15 is 0 Å². The highest BCUT2D eigenvalue weighted by atomic mass is 32.2. The largest absolute Gasteiger partial charge is 0.442 e. The zero-order valence-corrected chi connectivity index (χ0v) is 10.3. The van der Waals surface area contributed by atoms with Crippen molar-refractivity contribution < 1.29 is 17.9 Å². The van der Waals surface area contributed by atoms with Crippen LogP contribution in [0.4, 0.5) is 0 Å². The number of hydrogen-bond donors (Lipinski definition) is 0. The molecule has 1 rings (SSSR count). The summed E-state index contributed by atoms with van der Waals surface area (Å²) >= 11 is 0. The summed E-state index contributed by atoms with van der Waals surface area (Å²) in [6.07, 6.45) is 1.14. The van der Waals surface area contributed by atoms with Gasteiger partial charge in [0.05, 0.1) is 4.90 Å². The Labute approximate surface area is 101 Å². The molecule has 0 spiro atoms. The molecular formula is C12H14O4S. The molecule has 1 unspecified atom stereocenters. The highest BCUT2D eigenvalue weighted by Gasteiger charge is 2.28. The maximum absolute atomic E-state index is 12.1. The van der Waals surface area contributed by atoms with Crippen LogP contribution in [0.2, 0.25) is 0 Å². The standard InChI is InChI=1S/C12H14O4S/c1-3-11(13)16-12(4-2)17(14,15)10-8-6-5-7-9-10/h3,5-9,12H,1,4H2,2H3. The molecule has 5 heteroatoms. The van der Waals surface area contributed by atoms with Crippen LogP contribution >= 0.6 is 0 Å². The maximum atomic E-state index is 12.1. The van der Waals surface area contributed by atoms with E-state index in [9.17, 15) is 13.2 Å². The summed E-state index contributed by atoms with van der Waals surface area (Å²) in [7, 11) is -3.65. The second-order valence-corrected chi connectivity index (χ2v) is 5.42. The summed E-state index contributed by atoms with van der Waals surface area (Å²) in [4.78, 5) is 11.2. The van der Waals surface area contributed by atoms with E-state index in [1.165, 1.54) is 12.1 Å². The molecule has 4 nitrogen and oxygen atoms in total. The molecule has 0 saturated carbocycles. The Morgan fingerprint density at radius 1 is 1.41 bits per heavy atom. The van der Waals surface area contributed by atoms with E-state index in [0.29, 0.717) is 0 Å². The second-order valence-electron chi connectivity index (χ2n) is 3.34. The number of ether oxygens (including phenoxy) is 1. The quantitative estimate of drug-likeness (QED) is 0.595. The molecule has 0 aliphatic rings. The molecule has 0 heterocycles. The molecule has 0 radical (unpaired) electrons. The van der Waals surface area contributed by atoms with Crippen LogP contribution in [0.3, 0.4) is 0 Å². The molecule has 1 aromatic carbocycles. The lowest BCUT2D eigenvalue weighted by Gasteiger charge is -2.15. The predicted octanol–water partition coefficient (Wildman–Crippen LogP) is 1.93. The average Bonchev–Trinajstić information content (AvgIpc) is 2.36. The van der Waals surface area contributed by atoms with Gasteiger partial charge in [-0.1, -0.05) is 31.7 Å². The molecule has 0 aromatic heterocycles. The van der Waals surface area contributed by atoms with Crippen molar-refractivity contribution in [2.45, 2.75) is 23.7 Å². The van der Waals surface area contributed by atoms with Crippen LogP contribution in [0.15, 0.2) is 47.9 Å². The smallest absolute Gasteiger partial charge is 0.331 e. The van der Waals surface area contributed by atoms with E-state index in [2.05, 4.69) is 6.58 Å². The van der Waals surface area contributed by atoms with Gasteiger partial charge in [-0.3, -0.25) is 0 Å². The first-order valence-electron chi connectivity index (χ1n) is 5.14. The first kappa shape index (κ1) is 13.4. The fourth-order valence-corrected chi connectivity index (χ4v) is 2.81. The molecule has 17 heavy (non-hydrogen) atoms. The number of hydrogen-bond acceptors (Lipinski definition) is 4. The summed E-state index contributed by atoms with van der Waals surface area (Å²) in [6, 6.07) is 7.90. The summed E-state index contributed by atoms with van der Waals surface area (Å²) in [5.41, 5.74) is -1.17. The topological polar surface area (TPSA) is 60.4 Å². The Morgan fingerprint density at radius 2 is 2.00 bits per heavy atom. The van der Waals surface area contributed by atoms with E-state index in [-0.39, 0.29) is 11.3 Å². The number of sulfone groups is 1. The maximum Gasteiger partial charge on any atom is 0.331 e. The summed E-state index contributed by atoms with van der Waals surface area (Å²) in [6.45, 7) is 4.87. The molecule has 0 saturated heterocycles. The van der Waals surface area contributed by atoms with Crippen molar-refractivity contribution >= 4 is 15.8 Å². The molecule has 1 atom stereocenters. The summed E-state index contributed by atoms with van der Waals surface area (Å²) in [5.74, 6) is -0.739. The predicted molar refractivity (Wildman–Crippen MR) is 64.0 cm³/mol. The lowest BCUT2D eigenvalue weighted by atomic mass is 10.4. The van der Waals surface area contributed by atoms with Crippen molar-refractivity contribution in [2.24, 2.45) is 0 Å². The highest BCUT2D eigenvalue weighted by molar-refractivity contribution is 7.92. The van der Waals surface area contributed by atoms with Gasteiger partial charge in [-0.25, -0.2) is 13.2 Å². The van der Waals surface area contributed by atoms with Crippen LogP contribution in [-0.2, 0) is 19.4 Å². The number of benzene rings is 1. The van der Waals surface area contributed by atoms with Crippen molar-refractivity contribution in [3.8, 4) is 0 Å². The van der Waals surface area contributed by atoms with Gasteiger partial charge in [0, 0.05) is 6.08 Å². The van der Waals surface area contributed by atoms with E-state index in [1.54, 1.807) is 25.1 Å². The first-order valence-corrected chi connectivity index (χ1v) is 6.69. The number of esters is 1. The van der Waals surface area contributed by atoms with Gasteiger partial charge in [-0.2, -0.15) is 0 Å². The van der Waals surface area contributed by atoms with Gasteiger partial charge in [-0.15, -0.1) is 0 Å². The Hall–Kier alpha value is -1.62. The number of carbonyl (C=O) groups is 1. The number of rotatable bonds is 5. The van der Waals surface area contributed by atoms with Gasteiger partial charge < -0.3 is 4.74 Å². The van der Waals surface area contributed by atoms with Gasteiger partial charge in [-0.05, 0) is 18.6 Å². The van der Waals surface area contributed by atoms with Gasteiger partial charge in [0.15, 0.2) is 0 Å². The van der Waals surface area contributed by atoms with Crippen LogP contribution in [-0.4, -0.2) is 19.8 Å². The Morgan fingerprint density at radius 3 is 2.47 bits per heavy atom. The van der Waals surface area contributed by atoms with Crippen LogP contribution in [0.1, 0.15) is 13.3 Å². The van der Waals surface area contributed by atoms with Crippen molar-refractivity contribution in [3.05, 3.63) is 43.0 Å². The van der Waals surface area contributed by atoms with Gasteiger partial charge >= 0.3 is 5.97 Å². The summed E-state index contributed by atoms with van der Waals surface area (Å²) < 4.78 is 29.0. The van der Waals surface area contributed by atoms with E-state index in [4.69, 9.17) is 4.74 Å². The molecule has 0 fully saturated rings. The Kier molecular flexibility index (Phi) is 4.45. The molecule has 0 bridgehead atoms. The fourth-order valence-electron chi connectivity index (χ4n) is 1.31. The molecule has 0 aliphatic heterocycles. The van der Waals surface area contributed by atoms with E-state index in [0.717, 1.165) is 6.08 Å². The molecule has 0 N–H and O–H groups in total. The third-order valence-electron chi connectivity index (χ3n) is 2.17. The minimum absolute atomic E-state index is 0.142. The molecular weight excluding hydrogens is 240 g/mol. The average molecular weight is 254 g/mol. The second kappa shape index (κ2) is 5.63. The third-order valence-corrected chi connectivity index (χ3v) is 4.22. The molecule has 92 valence electrons. The van der Waals surface area contributed by atoms with Crippen molar-refractivity contribution in [3.63, 3.8) is 0 Å². The van der Waals surface area contributed by atoms with Crippen molar-refractivity contribution in [2.75, 3.05) is 0 Å². The van der Waals surface area contributed by atoms with Crippen molar-refractivity contribution in [1.29, 1.82) is 0 Å². The minimum Gasteiger partial charge on any atom is -0.442 e. The van der Waals surface area contributed by atoms with Gasteiger partial charge in [0.25, 0.3) is 0 Å². The Bertz CT molecular complexity index is 490. The SMILES string of the molecule is C=CC(=O)OC(CC)S(=O)(=O)c1ccccc1. The van der Waals surface area contributed by atoms with Crippen LogP contribution in [0, 0.1) is 0 Å². The van der Waals surface area contributed by atoms with Crippen LogP contribution in [0.25, 0.3) is 0 Å². The monoisotopic (exact) mass is 254 g/mol. The molecule has 0 amide bonds. The zero-order chi connectivity index (χ0) is 12.9.